The summed E-state index contributed by atoms with van der Waals surface area (Å²) in [5.74, 6) is 0.454. The maximum atomic E-state index is 14.1. The SMILES string of the molecule is Fc1ccccc1-c1ccc2c(Nc3ccc4scnc4c3)ncnc2c1. The Labute approximate surface area is 158 Å². The van der Waals surface area contributed by atoms with Gasteiger partial charge in [-0.25, -0.2) is 19.3 Å². The molecule has 0 spiro atoms. The van der Waals surface area contributed by atoms with Crippen molar-refractivity contribution >= 4 is 44.0 Å². The van der Waals surface area contributed by atoms with E-state index in [0.717, 1.165) is 32.4 Å². The topological polar surface area (TPSA) is 50.7 Å². The van der Waals surface area contributed by atoms with E-state index < -0.39 is 0 Å². The molecule has 0 aliphatic carbocycles. The van der Waals surface area contributed by atoms with Crippen LogP contribution >= 0.6 is 11.3 Å². The largest absolute Gasteiger partial charge is 0.340 e. The van der Waals surface area contributed by atoms with Crippen LogP contribution in [0.4, 0.5) is 15.9 Å². The van der Waals surface area contributed by atoms with E-state index in [1.54, 1.807) is 23.5 Å². The van der Waals surface area contributed by atoms with E-state index in [9.17, 15) is 4.39 Å². The third-order valence-electron chi connectivity index (χ3n) is 4.41. The average molecular weight is 372 g/mol. The van der Waals surface area contributed by atoms with E-state index in [4.69, 9.17) is 0 Å². The highest BCUT2D eigenvalue weighted by atomic mass is 32.1. The van der Waals surface area contributed by atoms with Gasteiger partial charge >= 0.3 is 0 Å². The molecule has 5 rings (SSSR count). The molecule has 2 aromatic heterocycles. The lowest BCUT2D eigenvalue weighted by atomic mass is 10.0. The van der Waals surface area contributed by atoms with Gasteiger partial charge in [-0.05, 0) is 42.0 Å². The zero-order chi connectivity index (χ0) is 18.2. The van der Waals surface area contributed by atoms with Gasteiger partial charge in [-0.15, -0.1) is 11.3 Å². The molecule has 0 bridgehead atoms. The maximum absolute atomic E-state index is 14.1. The second-order valence-electron chi connectivity index (χ2n) is 6.09. The minimum Gasteiger partial charge on any atom is -0.340 e. The molecule has 5 aromatic rings. The van der Waals surface area contributed by atoms with Gasteiger partial charge < -0.3 is 5.32 Å². The van der Waals surface area contributed by atoms with Gasteiger partial charge in [0.05, 0.1) is 21.2 Å². The number of rotatable bonds is 3. The molecule has 27 heavy (non-hydrogen) atoms. The first-order valence-corrected chi connectivity index (χ1v) is 9.26. The van der Waals surface area contributed by atoms with E-state index >= 15 is 0 Å². The fourth-order valence-corrected chi connectivity index (χ4v) is 3.75. The number of aromatic nitrogens is 3. The van der Waals surface area contributed by atoms with Crippen LogP contribution < -0.4 is 5.32 Å². The number of benzene rings is 3. The van der Waals surface area contributed by atoms with Crippen molar-refractivity contribution in [2.75, 3.05) is 5.32 Å². The third-order valence-corrected chi connectivity index (χ3v) is 5.22. The van der Waals surface area contributed by atoms with Crippen LogP contribution in [-0.4, -0.2) is 15.0 Å². The van der Waals surface area contributed by atoms with Gasteiger partial charge in [0.1, 0.15) is 18.0 Å². The highest BCUT2D eigenvalue weighted by Gasteiger charge is 2.09. The Bertz CT molecular complexity index is 1280. The summed E-state index contributed by atoms with van der Waals surface area (Å²) in [6.07, 6.45) is 1.51. The van der Waals surface area contributed by atoms with Crippen molar-refractivity contribution in [2.45, 2.75) is 0 Å². The third kappa shape index (κ3) is 2.90. The Balaban J connectivity index is 1.56. The normalized spacial score (nSPS) is 11.1. The van der Waals surface area contributed by atoms with Crippen molar-refractivity contribution in [1.29, 1.82) is 0 Å². The summed E-state index contributed by atoms with van der Waals surface area (Å²) in [4.78, 5) is 13.1. The van der Waals surface area contributed by atoms with E-state index in [2.05, 4.69) is 20.3 Å². The summed E-state index contributed by atoms with van der Waals surface area (Å²) < 4.78 is 15.2. The van der Waals surface area contributed by atoms with E-state index in [-0.39, 0.29) is 5.82 Å². The molecule has 0 radical (unpaired) electrons. The van der Waals surface area contributed by atoms with Crippen molar-refractivity contribution in [1.82, 2.24) is 15.0 Å². The Kier molecular flexibility index (Phi) is 3.76. The van der Waals surface area contributed by atoms with Crippen LogP contribution in [0.25, 0.3) is 32.2 Å². The molecule has 0 saturated carbocycles. The first-order valence-electron chi connectivity index (χ1n) is 8.38. The Hall–Kier alpha value is -3.38. The lowest BCUT2D eigenvalue weighted by molar-refractivity contribution is 0.631. The Morgan fingerprint density at radius 2 is 1.78 bits per heavy atom. The summed E-state index contributed by atoms with van der Waals surface area (Å²) in [5, 5.41) is 4.21. The van der Waals surface area contributed by atoms with Crippen molar-refractivity contribution in [3.8, 4) is 11.1 Å². The van der Waals surface area contributed by atoms with Crippen LogP contribution in [0.2, 0.25) is 0 Å². The molecule has 0 aliphatic rings. The van der Waals surface area contributed by atoms with Crippen molar-refractivity contribution in [2.24, 2.45) is 0 Å². The number of fused-ring (bicyclic) bond motifs is 2. The monoisotopic (exact) mass is 372 g/mol. The number of anilines is 2. The van der Waals surface area contributed by atoms with Crippen LogP contribution in [0.1, 0.15) is 0 Å². The number of hydrogen-bond acceptors (Lipinski definition) is 5. The van der Waals surface area contributed by atoms with E-state index in [1.165, 1.54) is 12.4 Å². The molecule has 0 unspecified atom stereocenters. The lowest BCUT2D eigenvalue weighted by Crippen LogP contribution is -1.96. The van der Waals surface area contributed by atoms with Crippen LogP contribution in [0.15, 0.2) is 72.5 Å². The molecule has 0 saturated heterocycles. The first kappa shape index (κ1) is 15.8. The standard InChI is InChI=1S/C21H13FN4S/c22-17-4-2-1-3-15(17)13-5-7-16-18(9-13)23-11-24-21(16)26-14-6-8-20-19(10-14)25-12-27-20/h1-12H,(H,23,24,26). The molecule has 2 heterocycles. The predicted octanol–water partition coefficient (Wildman–Crippen LogP) is 5.79. The van der Waals surface area contributed by atoms with Gasteiger partial charge in [-0.1, -0.05) is 24.3 Å². The van der Waals surface area contributed by atoms with Crippen LogP contribution in [0.3, 0.4) is 0 Å². The van der Waals surface area contributed by atoms with E-state index in [0.29, 0.717) is 11.4 Å². The Morgan fingerprint density at radius 3 is 2.70 bits per heavy atom. The molecule has 1 N–H and O–H groups in total. The molecule has 0 atom stereocenters. The molecule has 3 aromatic carbocycles. The summed E-state index contributed by atoms with van der Waals surface area (Å²) in [5.41, 5.74) is 5.79. The zero-order valence-electron chi connectivity index (χ0n) is 14.1. The molecular weight excluding hydrogens is 359 g/mol. The molecule has 0 fully saturated rings. The average Bonchev–Trinajstić information content (AvgIpc) is 3.16. The molecular formula is C21H13FN4S. The van der Waals surface area contributed by atoms with Gasteiger partial charge in [-0.2, -0.15) is 0 Å². The lowest BCUT2D eigenvalue weighted by Gasteiger charge is -2.10. The van der Waals surface area contributed by atoms with Crippen molar-refractivity contribution < 1.29 is 4.39 Å². The second kappa shape index (κ2) is 6.41. The Morgan fingerprint density at radius 1 is 0.852 bits per heavy atom. The first-order chi connectivity index (χ1) is 13.3. The van der Waals surface area contributed by atoms with Gasteiger partial charge in [0.15, 0.2) is 0 Å². The summed E-state index contributed by atoms with van der Waals surface area (Å²) in [7, 11) is 0. The number of hydrogen-bond donors (Lipinski definition) is 1. The minimum atomic E-state index is -0.249. The highest BCUT2D eigenvalue weighted by molar-refractivity contribution is 7.16. The number of halogens is 1. The zero-order valence-corrected chi connectivity index (χ0v) is 14.9. The van der Waals surface area contributed by atoms with E-state index in [1.807, 2.05) is 48.0 Å². The molecule has 0 aliphatic heterocycles. The molecule has 4 nitrogen and oxygen atoms in total. The van der Waals surface area contributed by atoms with Gasteiger partial charge in [-0.3, -0.25) is 0 Å². The molecule has 0 amide bonds. The quantitative estimate of drug-likeness (QED) is 0.435. The van der Waals surface area contributed by atoms with Gasteiger partial charge in [0.2, 0.25) is 0 Å². The number of nitrogens with zero attached hydrogens (tertiary/aromatic N) is 3. The summed E-state index contributed by atoms with van der Waals surface area (Å²) >= 11 is 1.61. The smallest absolute Gasteiger partial charge is 0.141 e. The van der Waals surface area contributed by atoms with Gasteiger partial charge in [0.25, 0.3) is 0 Å². The second-order valence-corrected chi connectivity index (χ2v) is 6.98. The minimum absolute atomic E-state index is 0.249. The summed E-state index contributed by atoms with van der Waals surface area (Å²) in [6.45, 7) is 0. The van der Waals surface area contributed by atoms with Crippen molar-refractivity contribution in [3.05, 3.63) is 78.3 Å². The number of nitrogens with one attached hydrogen (secondary N) is 1. The molecule has 130 valence electrons. The maximum Gasteiger partial charge on any atom is 0.141 e. The fourth-order valence-electron chi connectivity index (χ4n) is 3.09. The van der Waals surface area contributed by atoms with Crippen LogP contribution in [0.5, 0.6) is 0 Å². The number of thiazole rings is 1. The molecule has 6 heteroatoms. The highest BCUT2D eigenvalue weighted by Crippen LogP contribution is 2.30. The predicted molar refractivity (Wildman–Crippen MR) is 108 cm³/mol. The van der Waals surface area contributed by atoms with Crippen LogP contribution in [-0.2, 0) is 0 Å². The fraction of sp³-hybridized carbons (Fsp3) is 0. The van der Waals surface area contributed by atoms with Crippen molar-refractivity contribution in [3.63, 3.8) is 0 Å². The van der Waals surface area contributed by atoms with Crippen LogP contribution in [0, 0.1) is 5.82 Å². The summed E-state index contributed by atoms with van der Waals surface area (Å²) in [6, 6.07) is 18.4. The van der Waals surface area contributed by atoms with Gasteiger partial charge in [0, 0.05) is 16.6 Å².